The largest absolute Gasteiger partial charge is 0.489 e. The monoisotopic (exact) mass is 1010 g/mol. The average molecular weight is 1010 g/mol. The second-order valence-electron chi connectivity index (χ2n) is 21.5. The zero-order valence-corrected chi connectivity index (χ0v) is 43.6. The van der Waals surface area contributed by atoms with Crippen molar-refractivity contribution in [2.24, 2.45) is 16.2 Å². The first-order valence-electron chi connectivity index (χ1n) is 24.6. The van der Waals surface area contributed by atoms with Gasteiger partial charge in [0.2, 0.25) is 11.8 Å². The number of nitrogens with one attached hydrogen (secondary N) is 3. The Hall–Kier alpha value is -6.54. The number of anilines is 2. The van der Waals surface area contributed by atoms with Crippen molar-refractivity contribution in [1.29, 1.82) is 5.26 Å². The van der Waals surface area contributed by atoms with Crippen molar-refractivity contribution in [3.05, 3.63) is 129 Å². The summed E-state index contributed by atoms with van der Waals surface area (Å²) in [4.78, 5) is 62.7. The maximum absolute atomic E-state index is 14.3. The molecule has 2 aromatic carbocycles. The molecule has 17 heteroatoms. The van der Waals surface area contributed by atoms with Crippen molar-refractivity contribution < 1.29 is 24.2 Å². The summed E-state index contributed by atoms with van der Waals surface area (Å²) in [7, 11) is 0. The molecule has 3 aromatic heterocycles. The van der Waals surface area contributed by atoms with E-state index >= 15 is 0 Å². The number of carbonyl (C=O) groups excluding carboxylic acids is 3. The van der Waals surface area contributed by atoms with Crippen LogP contribution < -0.4 is 30.5 Å². The van der Waals surface area contributed by atoms with Gasteiger partial charge in [-0.2, -0.15) is 5.26 Å². The van der Waals surface area contributed by atoms with E-state index in [4.69, 9.17) is 26.3 Å². The molecule has 1 aliphatic carbocycles. The van der Waals surface area contributed by atoms with Gasteiger partial charge in [-0.05, 0) is 66.9 Å². The van der Waals surface area contributed by atoms with Crippen molar-refractivity contribution in [2.75, 3.05) is 42.5 Å². The number of ether oxygens (including phenoxy) is 1. The molecule has 1 saturated carbocycles. The number of hydrogen-bond acceptors (Lipinski definition) is 13. The summed E-state index contributed by atoms with van der Waals surface area (Å²) in [6, 6.07) is 21.1. The molecule has 0 spiro atoms. The number of aromatic nitrogens is 3. The highest BCUT2D eigenvalue weighted by molar-refractivity contribution is 7.13. The van der Waals surface area contributed by atoms with Gasteiger partial charge < -0.3 is 40.5 Å². The number of hydrogen-bond donors (Lipinski definition) is 4. The van der Waals surface area contributed by atoms with Crippen molar-refractivity contribution in [2.45, 2.75) is 105 Å². The number of nitriles is 1. The number of piperazine rings is 1. The minimum absolute atomic E-state index is 0.0905. The Labute approximate surface area is 430 Å². The van der Waals surface area contributed by atoms with E-state index in [2.05, 4.69) is 76.6 Å². The highest BCUT2D eigenvalue weighted by Gasteiger charge is 2.64. The van der Waals surface area contributed by atoms with Gasteiger partial charge in [0.05, 0.1) is 44.4 Å². The van der Waals surface area contributed by atoms with Crippen LogP contribution in [-0.4, -0.2) is 106 Å². The van der Waals surface area contributed by atoms with E-state index in [0.717, 1.165) is 70.8 Å². The van der Waals surface area contributed by atoms with Crippen LogP contribution in [0.2, 0.25) is 5.02 Å². The number of likely N-dealkylation sites (tertiary alicyclic amines) is 1. The van der Waals surface area contributed by atoms with Crippen molar-refractivity contribution in [3.63, 3.8) is 0 Å². The molecule has 3 fully saturated rings. The minimum Gasteiger partial charge on any atom is -0.489 e. The Bertz CT molecular complexity index is 2910. The van der Waals surface area contributed by atoms with E-state index in [0.29, 0.717) is 28.3 Å². The molecule has 4 N–H and O–H groups in total. The topological polar surface area (TPSA) is 189 Å². The molecule has 0 unspecified atom stereocenters. The third-order valence-corrected chi connectivity index (χ3v) is 16.4. The third kappa shape index (κ3) is 9.99. The van der Waals surface area contributed by atoms with E-state index in [9.17, 15) is 24.8 Å². The van der Waals surface area contributed by atoms with Gasteiger partial charge in [0.15, 0.2) is 0 Å². The lowest BCUT2D eigenvalue weighted by Gasteiger charge is -2.63. The van der Waals surface area contributed by atoms with Crippen molar-refractivity contribution in [3.8, 4) is 22.3 Å². The first kappa shape index (κ1) is 50.4. The molecule has 2 saturated heterocycles. The molecule has 0 radical (unpaired) electrons. The number of halogens is 1. The van der Waals surface area contributed by atoms with Gasteiger partial charge in [-0.1, -0.05) is 83.5 Å². The SMILES string of the molecule is Cc1ncsc1-c1ccc([C@H](C)NC(=O)[C@@H]2C[C@@H](O)CN2C(=O)[C@H]2NC(Cc3ccnc(N4CCN(c5ccc(C(=O)N[C@H]6C(C)(C)[C@H](Oc7ccc(C#N)c(Cl)c7)C6(C)C)cn5)CC4)c3)=CC2(C)C)cc1. The number of carbonyl (C=O) groups is 3. The maximum atomic E-state index is 14.3. The van der Waals surface area contributed by atoms with Gasteiger partial charge >= 0.3 is 0 Å². The molecule has 376 valence electrons. The van der Waals surface area contributed by atoms with E-state index in [-0.39, 0.29) is 48.9 Å². The molecular weight excluding hydrogens is 948 g/mol. The Morgan fingerprint density at radius 3 is 2.29 bits per heavy atom. The molecule has 6 heterocycles. The number of aryl methyl sites for hydroxylation is 1. The average Bonchev–Trinajstić information content (AvgIpc) is 4.07. The Morgan fingerprint density at radius 1 is 0.944 bits per heavy atom. The van der Waals surface area contributed by atoms with Gasteiger partial charge in [0.1, 0.15) is 41.6 Å². The predicted molar refractivity (Wildman–Crippen MR) is 280 cm³/mol. The number of allylic oxidation sites excluding steroid dienone is 1. The van der Waals surface area contributed by atoms with Crippen LogP contribution in [0.5, 0.6) is 5.75 Å². The number of aliphatic hydroxyl groups is 1. The number of benzene rings is 2. The molecule has 3 amide bonds. The van der Waals surface area contributed by atoms with Crippen LogP contribution in [0.3, 0.4) is 0 Å². The van der Waals surface area contributed by atoms with Crippen LogP contribution in [0.15, 0.2) is 96.4 Å². The first-order chi connectivity index (χ1) is 34.2. The number of thiazole rings is 1. The fourth-order valence-electron chi connectivity index (χ4n) is 11.4. The first-order valence-corrected chi connectivity index (χ1v) is 25.8. The van der Waals surface area contributed by atoms with Crippen LogP contribution in [0.1, 0.15) is 93.7 Å². The van der Waals surface area contributed by atoms with Crippen LogP contribution in [-0.2, 0) is 16.0 Å². The summed E-state index contributed by atoms with van der Waals surface area (Å²) < 4.78 is 6.40. The van der Waals surface area contributed by atoms with Crippen molar-refractivity contribution in [1.82, 2.24) is 35.8 Å². The zero-order valence-electron chi connectivity index (χ0n) is 42.1. The fraction of sp³-hybridized carbons (Fsp3) is 0.436. The summed E-state index contributed by atoms with van der Waals surface area (Å²) >= 11 is 7.87. The quantitative estimate of drug-likeness (QED) is 0.0904. The standard InChI is InChI=1S/C55H63ClN10O5S/c1-32(35-9-11-36(12-10-35)46-33(2)60-31-72-46)61-49(69)43-25-40(67)30-66(43)50(70)47-53(3,4)27-39(62-47)23-34-17-18-58-45(24-34)65-21-19-64(20-22-65)44-16-14-38(29-59-44)48(68)63-51-54(5,6)52(55(51,7)8)71-41-15-13-37(28-57)42(56)26-41/h9-18,24,26-27,29,31-32,40,43,47,51-52,62,67H,19-23,25,30H2,1-8H3,(H,61,69)(H,63,68)/t32-,40+,43-,47+,51-,52-/m0/s1. The molecule has 0 bridgehead atoms. The van der Waals surface area contributed by atoms with Gasteiger partial charge in [-0.15, -0.1) is 11.3 Å². The zero-order chi connectivity index (χ0) is 51.3. The highest BCUT2D eigenvalue weighted by atomic mass is 35.5. The van der Waals surface area contributed by atoms with Gasteiger partial charge in [-0.3, -0.25) is 14.4 Å². The minimum atomic E-state index is -0.801. The Morgan fingerprint density at radius 2 is 1.65 bits per heavy atom. The maximum Gasteiger partial charge on any atom is 0.253 e. The second kappa shape index (κ2) is 19.8. The molecule has 4 atom stereocenters. The third-order valence-electron chi connectivity index (χ3n) is 15.1. The highest BCUT2D eigenvalue weighted by Crippen LogP contribution is 2.55. The molecule has 15 nitrogen and oxygen atoms in total. The molecular formula is C55H63ClN10O5S. The lowest BCUT2D eigenvalue weighted by molar-refractivity contribution is -0.164. The Kier molecular flexibility index (Phi) is 13.9. The van der Waals surface area contributed by atoms with Gasteiger partial charge in [0, 0.05) is 92.0 Å². The summed E-state index contributed by atoms with van der Waals surface area (Å²) in [5.74, 6) is 1.55. The van der Waals surface area contributed by atoms with Crippen molar-refractivity contribution >= 4 is 52.3 Å². The van der Waals surface area contributed by atoms with E-state index in [1.807, 2.05) is 81.9 Å². The molecule has 5 aromatic rings. The van der Waals surface area contributed by atoms with E-state index < -0.39 is 34.4 Å². The smallest absolute Gasteiger partial charge is 0.253 e. The van der Waals surface area contributed by atoms with Gasteiger partial charge in [-0.25, -0.2) is 15.0 Å². The fourth-order valence-corrected chi connectivity index (χ4v) is 12.5. The summed E-state index contributed by atoms with van der Waals surface area (Å²) in [6.45, 7) is 19.2. The molecule has 72 heavy (non-hydrogen) atoms. The summed E-state index contributed by atoms with van der Waals surface area (Å²) in [5, 5.41) is 30.2. The summed E-state index contributed by atoms with van der Waals surface area (Å²) in [6.07, 6.45) is 5.29. The molecule has 3 aliphatic heterocycles. The lowest BCUT2D eigenvalue weighted by Crippen LogP contribution is -2.74. The number of aliphatic hydroxyl groups excluding tert-OH is 1. The Balaban J connectivity index is 0.759. The normalized spacial score (nSPS) is 23.3. The molecule has 4 aliphatic rings. The summed E-state index contributed by atoms with van der Waals surface area (Å²) in [5.41, 5.74) is 6.32. The number of β-amino-alcohol motifs (C(OH)–C–C–N with tert-alkyl or cyclic N) is 1. The van der Waals surface area contributed by atoms with Gasteiger partial charge in [0.25, 0.3) is 5.91 Å². The molecule has 9 rings (SSSR count). The van der Waals surface area contributed by atoms with Crippen LogP contribution >= 0.6 is 22.9 Å². The van der Waals surface area contributed by atoms with E-state index in [1.54, 1.807) is 40.6 Å². The number of nitrogens with zero attached hydrogens (tertiary/aromatic N) is 7. The lowest BCUT2D eigenvalue weighted by atomic mass is 9.49. The number of amides is 3. The van der Waals surface area contributed by atoms with Crippen LogP contribution in [0.25, 0.3) is 10.4 Å². The van der Waals surface area contributed by atoms with Crippen LogP contribution in [0.4, 0.5) is 11.6 Å². The second-order valence-corrected chi connectivity index (χ2v) is 22.7. The predicted octanol–water partition coefficient (Wildman–Crippen LogP) is 7.64. The number of pyridine rings is 2. The van der Waals surface area contributed by atoms with Crippen LogP contribution in [0, 0.1) is 34.5 Å². The van der Waals surface area contributed by atoms with E-state index in [1.165, 1.54) is 0 Å². The number of rotatable bonds is 13.